The number of amides is 1. The van der Waals surface area contributed by atoms with Crippen LogP contribution in [-0.2, 0) is 0 Å². The van der Waals surface area contributed by atoms with Crippen LogP contribution in [0.3, 0.4) is 0 Å². The first-order valence-electron chi connectivity index (χ1n) is 4.85. The molecule has 14 heavy (non-hydrogen) atoms. The average Bonchev–Trinajstić information content (AvgIpc) is 2.16. The summed E-state index contributed by atoms with van der Waals surface area (Å²) in [6.45, 7) is 0. The van der Waals surface area contributed by atoms with Crippen LogP contribution in [0, 0.1) is 0 Å². The highest BCUT2D eigenvalue weighted by atomic mass is 16.3. The zero-order chi connectivity index (χ0) is 9.71. The maximum atomic E-state index is 11.6. The molecular weight excluding hydrogens is 178 g/mol. The van der Waals surface area contributed by atoms with Crippen LogP contribution < -0.4 is 5.32 Å². The zero-order valence-electron chi connectivity index (χ0n) is 7.60. The highest BCUT2D eigenvalue weighted by molar-refractivity contribution is 5.97. The van der Waals surface area contributed by atoms with E-state index in [1.54, 1.807) is 0 Å². The van der Waals surface area contributed by atoms with Gasteiger partial charge in [0.25, 0.3) is 5.91 Å². The van der Waals surface area contributed by atoms with E-state index in [-0.39, 0.29) is 24.0 Å². The molecule has 3 nitrogen and oxygen atoms in total. The Morgan fingerprint density at radius 1 is 1.36 bits per heavy atom. The van der Waals surface area contributed by atoms with E-state index >= 15 is 0 Å². The molecule has 1 amide bonds. The molecule has 1 aliphatic carbocycles. The first-order valence-corrected chi connectivity index (χ1v) is 4.85. The summed E-state index contributed by atoms with van der Waals surface area (Å²) in [4.78, 5) is 11.6. The molecule has 1 aliphatic heterocycles. The van der Waals surface area contributed by atoms with Gasteiger partial charge in [-0.25, -0.2) is 0 Å². The summed E-state index contributed by atoms with van der Waals surface area (Å²) in [5.74, 6) is 0.109. The third kappa shape index (κ3) is 0.876. The molecule has 2 aliphatic rings. The lowest BCUT2D eigenvalue weighted by molar-refractivity contribution is 0.0262. The molecule has 3 rings (SSSR count). The highest BCUT2D eigenvalue weighted by Gasteiger charge is 2.46. The fourth-order valence-electron chi connectivity index (χ4n) is 2.44. The van der Waals surface area contributed by atoms with Crippen molar-refractivity contribution in [3.63, 3.8) is 0 Å². The predicted octanol–water partition coefficient (Wildman–Crippen LogP) is 0.647. The van der Waals surface area contributed by atoms with Gasteiger partial charge in [-0.1, -0.05) is 18.2 Å². The van der Waals surface area contributed by atoms with Gasteiger partial charge >= 0.3 is 0 Å². The van der Waals surface area contributed by atoms with Crippen molar-refractivity contribution < 1.29 is 9.90 Å². The van der Waals surface area contributed by atoms with Crippen molar-refractivity contribution in [2.75, 3.05) is 0 Å². The van der Waals surface area contributed by atoms with E-state index in [1.807, 2.05) is 24.3 Å². The summed E-state index contributed by atoms with van der Waals surface area (Å²) >= 11 is 0. The number of rotatable bonds is 0. The third-order valence-corrected chi connectivity index (χ3v) is 3.22. The number of benzene rings is 1. The molecule has 1 heterocycles. The van der Waals surface area contributed by atoms with Crippen LogP contribution in [0.25, 0.3) is 0 Å². The second kappa shape index (κ2) is 2.58. The molecule has 3 atom stereocenters. The van der Waals surface area contributed by atoms with E-state index in [2.05, 4.69) is 5.32 Å². The SMILES string of the molecule is O=C1NC2CC(O)C2c2ccccc21. The lowest BCUT2D eigenvalue weighted by Gasteiger charge is -2.45. The highest BCUT2D eigenvalue weighted by Crippen LogP contribution is 2.41. The summed E-state index contributed by atoms with van der Waals surface area (Å²) in [7, 11) is 0. The number of aliphatic hydroxyl groups excluding tert-OH is 1. The van der Waals surface area contributed by atoms with Crippen molar-refractivity contribution in [2.45, 2.75) is 24.5 Å². The lowest BCUT2D eigenvalue weighted by atomic mass is 9.69. The molecule has 1 saturated carbocycles. The smallest absolute Gasteiger partial charge is 0.251 e. The maximum absolute atomic E-state index is 11.6. The van der Waals surface area contributed by atoms with Crippen molar-refractivity contribution in [1.29, 1.82) is 0 Å². The molecule has 1 aromatic carbocycles. The van der Waals surface area contributed by atoms with Gasteiger partial charge in [0.2, 0.25) is 0 Å². The van der Waals surface area contributed by atoms with Crippen molar-refractivity contribution >= 4 is 5.91 Å². The second-order valence-electron chi connectivity index (χ2n) is 4.00. The van der Waals surface area contributed by atoms with Gasteiger partial charge in [0.05, 0.1) is 6.10 Å². The van der Waals surface area contributed by atoms with Gasteiger partial charge in [0.15, 0.2) is 0 Å². The van der Waals surface area contributed by atoms with Crippen LogP contribution in [-0.4, -0.2) is 23.2 Å². The summed E-state index contributed by atoms with van der Waals surface area (Å²) in [6.07, 6.45) is 0.395. The van der Waals surface area contributed by atoms with Gasteiger partial charge in [-0.05, 0) is 18.1 Å². The first kappa shape index (κ1) is 8.00. The summed E-state index contributed by atoms with van der Waals surface area (Å²) in [6, 6.07) is 7.66. The molecule has 2 N–H and O–H groups in total. The molecule has 0 spiro atoms. The van der Waals surface area contributed by atoms with Crippen molar-refractivity contribution in [3.05, 3.63) is 35.4 Å². The Balaban J connectivity index is 2.13. The molecule has 3 unspecified atom stereocenters. The number of fused-ring (bicyclic) bond motifs is 3. The Bertz CT molecular complexity index is 402. The summed E-state index contributed by atoms with van der Waals surface area (Å²) in [5.41, 5.74) is 1.72. The third-order valence-electron chi connectivity index (χ3n) is 3.22. The van der Waals surface area contributed by atoms with E-state index < -0.39 is 0 Å². The minimum atomic E-state index is -0.290. The Morgan fingerprint density at radius 3 is 2.93 bits per heavy atom. The normalized spacial score (nSPS) is 33.8. The molecule has 0 bridgehead atoms. The Morgan fingerprint density at radius 2 is 2.14 bits per heavy atom. The number of carbonyl (C=O) groups excluding carboxylic acids is 1. The molecule has 1 fully saturated rings. The maximum Gasteiger partial charge on any atom is 0.251 e. The van der Waals surface area contributed by atoms with Crippen LogP contribution in [0.1, 0.15) is 28.3 Å². The van der Waals surface area contributed by atoms with E-state index in [1.165, 1.54) is 0 Å². The van der Waals surface area contributed by atoms with Gasteiger partial charge in [-0.3, -0.25) is 4.79 Å². The molecule has 72 valence electrons. The summed E-state index contributed by atoms with van der Waals surface area (Å²) < 4.78 is 0. The topological polar surface area (TPSA) is 49.3 Å². The van der Waals surface area contributed by atoms with Crippen molar-refractivity contribution in [2.24, 2.45) is 0 Å². The number of hydrogen-bond acceptors (Lipinski definition) is 2. The van der Waals surface area contributed by atoms with E-state index in [0.717, 1.165) is 5.56 Å². The minimum absolute atomic E-state index is 0.00579. The average molecular weight is 189 g/mol. The second-order valence-corrected chi connectivity index (χ2v) is 4.00. The monoisotopic (exact) mass is 189 g/mol. The minimum Gasteiger partial charge on any atom is -0.392 e. The number of nitrogens with one attached hydrogen (secondary N) is 1. The van der Waals surface area contributed by atoms with Crippen LogP contribution in [0.4, 0.5) is 0 Å². The van der Waals surface area contributed by atoms with Gasteiger partial charge in [-0.15, -0.1) is 0 Å². The molecule has 0 aromatic heterocycles. The Hall–Kier alpha value is -1.35. The Kier molecular flexibility index (Phi) is 1.47. The fraction of sp³-hybridized carbons (Fsp3) is 0.364. The van der Waals surface area contributed by atoms with Crippen LogP contribution in [0.5, 0.6) is 0 Å². The van der Waals surface area contributed by atoms with Gasteiger partial charge in [-0.2, -0.15) is 0 Å². The van der Waals surface area contributed by atoms with Gasteiger partial charge in [0.1, 0.15) is 0 Å². The van der Waals surface area contributed by atoms with Crippen LogP contribution >= 0.6 is 0 Å². The Labute approximate surface area is 81.8 Å². The van der Waals surface area contributed by atoms with Crippen LogP contribution in [0.2, 0.25) is 0 Å². The molecule has 1 aromatic rings. The molecule has 0 radical (unpaired) electrons. The van der Waals surface area contributed by atoms with Crippen molar-refractivity contribution in [1.82, 2.24) is 5.32 Å². The molecule has 3 heteroatoms. The number of hydrogen-bond donors (Lipinski definition) is 2. The standard InChI is InChI=1S/C11H11NO2/c13-9-5-8-10(9)6-3-1-2-4-7(6)11(14)12-8/h1-4,8-10,13H,5H2,(H,12,14). The predicted molar refractivity (Wildman–Crippen MR) is 51.1 cm³/mol. The van der Waals surface area contributed by atoms with Crippen molar-refractivity contribution in [3.8, 4) is 0 Å². The van der Waals surface area contributed by atoms with E-state index in [0.29, 0.717) is 12.0 Å². The molecular formula is C11H11NO2. The summed E-state index contributed by atoms with van der Waals surface area (Å²) in [5, 5.41) is 12.5. The number of aliphatic hydroxyl groups is 1. The zero-order valence-corrected chi connectivity index (χ0v) is 7.60. The largest absolute Gasteiger partial charge is 0.392 e. The van der Waals surface area contributed by atoms with Gasteiger partial charge < -0.3 is 10.4 Å². The lowest BCUT2D eigenvalue weighted by Crippen LogP contribution is -2.57. The number of carbonyl (C=O) groups is 1. The first-order chi connectivity index (χ1) is 6.77. The van der Waals surface area contributed by atoms with E-state index in [9.17, 15) is 9.90 Å². The fourth-order valence-corrected chi connectivity index (χ4v) is 2.44. The molecule has 0 saturated heterocycles. The van der Waals surface area contributed by atoms with E-state index in [4.69, 9.17) is 0 Å². The quantitative estimate of drug-likeness (QED) is 0.629. The van der Waals surface area contributed by atoms with Gasteiger partial charge in [0, 0.05) is 17.5 Å². The van der Waals surface area contributed by atoms with Crippen LogP contribution in [0.15, 0.2) is 24.3 Å².